The number of hydrogen-bond acceptors (Lipinski definition) is 3. The Kier molecular flexibility index (Phi) is 5.95. The van der Waals surface area contributed by atoms with Crippen LogP contribution in [0.3, 0.4) is 0 Å². The fourth-order valence-electron chi connectivity index (χ4n) is 1.46. The van der Waals surface area contributed by atoms with Gasteiger partial charge in [-0.1, -0.05) is 36.5 Å². The average molecular weight is 305 g/mol. The van der Waals surface area contributed by atoms with Crippen molar-refractivity contribution in [2.75, 3.05) is 0 Å². The summed E-state index contributed by atoms with van der Waals surface area (Å²) >= 11 is 7.83. The first-order chi connectivity index (χ1) is 9.28. The molecule has 0 spiro atoms. The summed E-state index contributed by atoms with van der Waals surface area (Å²) in [4.78, 5) is 4.78. The Morgan fingerprint density at radius 2 is 1.42 bits per heavy atom. The minimum atomic E-state index is 0.999. The van der Waals surface area contributed by atoms with E-state index in [1.807, 2.05) is 12.1 Å². The lowest BCUT2D eigenvalue weighted by molar-refractivity contribution is 1.23. The lowest BCUT2D eigenvalue weighted by atomic mass is 10.4. The van der Waals surface area contributed by atoms with E-state index in [9.17, 15) is 0 Å². The smallest absolute Gasteiger partial charge is 0.0123 e. The third-order valence-electron chi connectivity index (χ3n) is 2.43. The average Bonchev–Trinajstić information content (AvgIpc) is 2.44. The van der Waals surface area contributed by atoms with Gasteiger partial charge in [-0.15, -0.1) is 12.6 Å². The van der Waals surface area contributed by atoms with E-state index >= 15 is 0 Å². The lowest BCUT2D eigenvalue weighted by Gasteiger charge is -2.03. The lowest BCUT2D eigenvalue weighted by Crippen LogP contribution is -1.74. The largest absolute Gasteiger partial charge is 0.143 e. The minimum absolute atomic E-state index is 0.999. The van der Waals surface area contributed by atoms with Crippen LogP contribution in [0.1, 0.15) is 13.3 Å². The van der Waals surface area contributed by atoms with E-state index in [0.29, 0.717) is 0 Å². The van der Waals surface area contributed by atoms with E-state index in [1.165, 1.54) is 14.7 Å². The molecule has 0 atom stereocenters. The van der Waals surface area contributed by atoms with Crippen molar-refractivity contribution >= 4 is 36.2 Å². The predicted molar refractivity (Wildman–Crippen MR) is 89.5 cm³/mol. The normalized spacial score (nSPS) is 11.1. The van der Waals surface area contributed by atoms with Gasteiger partial charge < -0.3 is 0 Å². The molecule has 2 rings (SSSR count). The van der Waals surface area contributed by atoms with Gasteiger partial charge in [-0.3, -0.25) is 0 Å². The molecule has 0 heterocycles. The highest BCUT2D eigenvalue weighted by molar-refractivity contribution is 8.02. The van der Waals surface area contributed by atoms with Crippen LogP contribution in [0.4, 0.5) is 0 Å². The van der Waals surface area contributed by atoms with E-state index in [2.05, 4.69) is 67.4 Å². The van der Waals surface area contributed by atoms with Gasteiger partial charge in [0.15, 0.2) is 0 Å². The van der Waals surface area contributed by atoms with E-state index in [4.69, 9.17) is 0 Å². The van der Waals surface area contributed by atoms with Crippen LogP contribution in [0.25, 0.3) is 0 Å². The monoisotopic (exact) mass is 304 g/mol. The molecule has 0 aliphatic rings. The first kappa shape index (κ1) is 14.6. The van der Waals surface area contributed by atoms with Crippen LogP contribution in [0.5, 0.6) is 0 Å². The van der Waals surface area contributed by atoms with Gasteiger partial charge in [0, 0.05) is 19.6 Å². The molecule has 0 N–H and O–H groups in total. The maximum Gasteiger partial charge on any atom is 0.0123 e. The van der Waals surface area contributed by atoms with E-state index in [0.717, 1.165) is 11.3 Å². The standard InChI is InChI=1S/C16H16S3/c1-2-3-12-18-14-8-10-16(11-9-14)19-15-6-4-13(17)5-7-15/h3-12,17H,2H2,1H3/b12-3+. The summed E-state index contributed by atoms with van der Waals surface area (Å²) in [5, 5.41) is 2.15. The molecule has 19 heavy (non-hydrogen) atoms. The number of allylic oxidation sites excluding steroid dienone is 1. The molecule has 0 unspecified atom stereocenters. The van der Waals surface area contributed by atoms with Crippen LogP contribution < -0.4 is 0 Å². The second-order valence-electron chi connectivity index (χ2n) is 3.97. The molecule has 2 aromatic carbocycles. The van der Waals surface area contributed by atoms with Crippen LogP contribution >= 0.6 is 36.2 Å². The highest BCUT2D eigenvalue weighted by atomic mass is 32.2. The molecule has 0 aliphatic heterocycles. The van der Waals surface area contributed by atoms with E-state index in [-0.39, 0.29) is 0 Å². The molecular weight excluding hydrogens is 288 g/mol. The SMILES string of the molecule is CC/C=C/Sc1ccc(Sc2ccc(S)cc2)cc1. The number of benzene rings is 2. The zero-order valence-electron chi connectivity index (χ0n) is 10.7. The van der Waals surface area contributed by atoms with Gasteiger partial charge >= 0.3 is 0 Å². The molecule has 0 bridgehead atoms. The summed E-state index contributed by atoms with van der Waals surface area (Å²) in [6.07, 6.45) is 3.26. The summed E-state index contributed by atoms with van der Waals surface area (Å²) in [5.74, 6) is 0. The van der Waals surface area contributed by atoms with Gasteiger partial charge in [0.1, 0.15) is 0 Å². The van der Waals surface area contributed by atoms with Crippen molar-refractivity contribution < 1.29 is 0 Å². The highest BCUT2D eigenvalue weighted by Gasteiger charge is 1.98. The number of thiol groups is 1. The Balaban J connectivity index is 1.98. The Morgan fingerprint density at radius 1 is 0.895 bits per heavy atom. The Morgan fingerprint density at radius 3 is 2.00 bits per heavy atom. The molecule has 98 valence electrons. The molecule has 0 fully saturated rings. The van der Waals surface area contributed by atoms with E-state index < -0.39 is 0 Å². The zero-order valence-corrected chi connectivity index (χ0v) is 13.3. The van der Waals surface area contributed by atoms with Gasteiger partial charge in [0.25, 0.3) is 0 Å². The second-order valence-corrected chi connectivity index (χ2v) is 6.61. The molecule has 0 aromatic heterocycles. The summed E-state index contributed by atoms with van der Waals surface area (Å²) in [7, 11) is 0. The minimum Gasteiger partial charge on any atom is -0.143 e. The van der Waals surface area contributed by atoms with Crippen molar-refractivity contribution in [3.63, 3.8) is 0 Å². The molecule has 2 aromatic rings. The molecule has 0 saturated carbocycles. The first-order valence-corrected chi connectivity index (χ1v) is 8.31. The zero-order chi connectivity index (χ0) is 13.5. The second kappa shape index (κ2) is 7.73. The fraction of sp³-hybridized carbons (Fsp3) is 0.125. The van der Waals surface area contributed by atoms with Crippen LogP contribution in [0.2, 0.25) is 0 Å². The summed E-state index contributed by atoms with van der Waals surface area (Å²) in [6.45, 7) is 2.15. The fourth-order valence-corrected chi connectivity index (χ4v) is 3.16. The Hall–Kier alpha value is -0.770. The number of rotatable bonds is 5. The van der Waals surface area contributed by atoms with Crippen molar-refractivity contribution in [3.8, 4) is 0 Å². The molecular formula is C16H16S3. The van der Waals surface area contributed by atoms with Crippen molar-refractivity contribution in [1.82, 2.24) is 0 Å². The third kappa shape index (κ3) is 5.01. The van der Waals surface area contributed by atoms with Crippen molar-refractivity contribution in [2.24, 2.45) is 0 Å². The molecule has 0 amide bonds. The maximum absolute atomic E-state index is 4.29. The molecule has 3 heteroatoms. The van der Waals surface area contributed by atoms with Gasteiger partial charge in [0.2, 0.25) is 0 Å². The summed E-state index contributed by atoms with van der Waals surface area (Å²) in [6, 6.07) is 16.9. The molecule has 0 aliphatic carbocycles. The van der Waals surface area contributed by atoms with Crippen molar-refractivity contribution in [2.45, 2.75) is 32.9 Å². The van der Waals surface area contributed by atoms with Gasteiger partial charge in [0.05, 0.1) is 0 Å². The first-order valence-electron chi connectivity index (χ1n) is 6.16. The number of hydrogen-bond donors (Lipinski definition) is 1. The van der Waals surface area contributed by atoms with Gasteiger partial charge in [-0.2, -0.15) is 0 Å². The Bertz CT molecular complexity index is 527. The van der Waals surface area contributed by atoms with Gasteiger partial charge in [-0.05, 0) is 60.4 Å². The topological polar surface area (TPSA) is 0 Å². The van der Waals surface area contributed by atoms with Crippen LogP contribution in [-0.2, 0) is 0 Å². The summed E-state index contributed by atoms with van der Waals surface area (Å²) in [5.41, 5.74) is 0. The van der Waals surface area contributed by atoms with Crippen LogP contribution in [0, 0.1) is 0 Å². The Labute approximate surface area is 129 Å². The maximum atomic E-state index is 4.29. The van der Waals surface area contributed by atoms with Gasteiger partial charge in [-0.25, -0.2) is 0 Å². The molecule has 0 nitrogen and oxygen atoms in total. The van der Waals surface area contributed by atoms with Crippen LogP contribution in [-0.4, -0.2) is 0 Å². The van der Waals surface area contributed by atoms with E-state index in [1.54, 1.807) is 23.5 Å². The molecule has 0 saturated heterocycles. The van der Waals surface area contributed by atoms with Crippen molar-refractivity contribution in [3.05, 3.63) is 60.0 Å². The quantitative estimate of drug-likeness (QED) is 0.520. The highest BCUT2D eigenvalue weighted by Crippen LogP contribution is 2.30. The van der Waals surface area contributed by atoms with Crippen molar-refractivity contribution in [1.29, 1.82) is 0 Å². The number of thioether (sulfide) groups is 1. The third-order valence-corrected chi connectivity index (χ3v) is 4.62. The van der Waals surface area contributed by atoms with Crippen LogP contribution in [0.15, 0.2) is 79.6 Å². The molecule has 0 radical (unpaired) electrons. The predicted octanol–water partition coefficient (Wildman–Crippen LogP) is 6.14. The summed E-state index contributed by atoms with van der Waals surface area (Å²) < 4.78 is 0.